The zero-order valence-electron chi connectivity index (χ0n) is 14.7. The van der Waals surface area contributed by atoms with E-state index in [1.807, 2.05) is 32.0 Å². The van der Waals surface area contributed by atoms with E-state index in [0.29, 0.717) is 19.4 Å². The molecule has 0 bridgehead atoms. The van der Waals surface area contributed by atoms with Crippen molar-refractivity contribution in [2.24, 2.45) is 11.8 Å². The standard InChI is InChI=1S/C20H25NO3/c1-4-24-20(23)17-8-6-5-7-16(17)19(22)18(12-21)15-10-9-13(2)11-14(15)3/h9-11,16-18H,4-8H2,1-3H3. The second-order valence-corrected chi connectivity index (χ2v) is 6.57. The summed E-state index contributed by atoms with van der Waals surface area (Å²) in [6, 6.07) is 7.93. The first kappa shape index (κ1) is 18.2. The molecule has 0 N–H and O–H groups in total. The van der Waals surface area contributed by atoms with Crippen molar-refractivity contribution in [3.05, 3.63) is 34.9 Å². The molecule has 1 aliphatic carbocycles. The van der Waals surface area contributed by atoms with Crippen molar-refractivity contribution in [3.63, 3.8) is 0 Å². The van der Waals surface area contributed by atoms with Gasteiger partial charge in [0.1, 0.15) is 5.92 Å². The van der Waals surface area contributed by atoms with Crippen LogP contribution in [0, 0.1) is 37.0 Å². The molecule has 3 atom stereocenters. The van der Waals surface area contributed by atoms with Crippen LogP contribution in [0.5, 0.6) is 0 Å². The van der Waals surface area contributed by atoms with E-state index in [4.69, 9.17) is 4.74 Å². The molecule has 0 heterocycles. The van der Waals surface area contributed by atoms with Crippen LogP contribution < -0.4 is 0 Å². The van der Waals surface area contributed by atoms with E-state index in [9.17, 15) is 14.9 Å². The molecule has 1 saturated carbocycles. The van der Waals surface area contributed by atoms with Gasteiger partial charge in [0.15, 0.2) is 5.78 Å². The highest BCUT2D eigenvalue weighted by Gasteiger charge is 2.40. The Morgan fingerprint density at radius 1 is 1.25 bits per heavy atom. The van der Waals surface area contributed by atoms with Crippen LogP contribution in [0.25, 0.3) is 0 Å². The lowest BCUT2D eigenvalue weighted by Crippen LogP contribution is -2.36. The molecule has 0 radical (unpaired) electrons. The van der Waals surface area contributed by atoms with Crippen LogP contribution in [0.1, 0.15) is 55.2 Å². The van der Waals surface area contributed by atoms with Crippen molar-refractivity contribution in [1.82, 2.24) is 0 Å². The highest BCUT2D eigenvalue weighted by Crippen LogP contribution is 2.36. The number of aryl methyl sites for hydroxylation is 2. The number of nitrogens with zero attached hydrogens (tertiary/aromatic N) is 1. The number of carbonyl (C=O) groups is 2. The Hall–Kier alpha value is -2.15. The number of hydrogen-bond donors (Lipinski definition) is 0. The van der Waals surface area contributed by atoms with Gasteiger partial charge < -0.3 is 4.74 Å². The van der Waals surface area contributed by atoms with Crippen molar-refractivity contribution in [2.45, 2.75) is 52.4 Å². The molecule has 1 fully saturated rings. The van der Waals surface area contributed by atoms with Crippen molar-refractivity contribution in [2.75, 3.05) is 6.61 Å². The highest BCUT2D eigenvalue weighted by molar-refractivity contribution is 5.94. The fourth-order valence-corrected chi connectivity index (χ4v) is 3.65. The number of benzene rings is 1. The molecule has 0 amide bonds. The van der Waals surface area contributed by atoms with E-state index < -0.39 is 17.8 Å². The molecule has 4 heteroatoms. The van der Waals surface area contributed by atoms with Gasteiger partial charge in [-0.15, -0.1) is 0 Å². The summed E-state index contributed by atoms with van der Waals surface area (Å²) in [6.07, 6.45) is 3.16. The van der Waals surface area contributed by atoms with Gasteiger partial charge in [0.25, 0.3) is 0 Å². The second-order valence-electron chi connectivity index (χ2n) is 6.57. The maximum absolute atomic E-state index is 13.1. The minimum Gasteiger partial charge on any atom is -0.466 e. The average Bonchev–Trinajstić information content (AvgIpc) is 2.57. The summed E-state index contributed by atoms with van der Waals surface area (Å²) in [5, 5.41) is 9.62. The first-order chi connectivity index (χ1) is 11.5. The van der Waals surface area contributed by atoms with E-state index >= 15 is 0 Å². The largest absolute Gasteiger partial charge is 0.466 e. The minimum atomic E-state index is -0.814. The van der Waals surface area contributed by atoms with Gasteiger partial charge in [0.2, 0.25) is 0 Å². The Balaban J connectivity index is 2.28. The molecule has 3 unspecified atom stereocenters. The third kappa shape index (κ3) is 3.84. The summed E-state index contributed by atoms with van der Waals surface area (Å²) in [7, 11) is 0. The van der Waals surface area contributed by atoms with Gasteiger partial charge in [-0.25, -0.2) is 0 Å². The van der Waals surface area contributed by atoms with Crippen LogP contribution in [0.2, 0.25) is 0 Å². The Bertz CT molecular complexity index is 659. The molecule has 0 aromatic heterocycles. The molecule has 1 aromatic rings. The zero-order valence-corrected chi connectivity index (χ0v) is 14.7. The predicted octanol–water partition coefficient (Wildman–Crippen LogP) is 3.85. The van der Waals surface area contributed by atoms with Crippen molar-refractivity contribution in [3.8, 4) is 6.07 Å². The maximum Gasteiger partial charge on any atom is 0.309 e. The first-order valence-electron chi connectivity index (χ1n) is 8.66. The Kier molecular flexibility index (Phi) is 6.14. The van der Waals surface area contributed by atoms with Crippen LogP contribution >= 0.6 is 0 Å². The Labute approximate surface area is 143 Å². The van der Waals surface area contributed by atoms with Crippen molar-refractivity contribution in [1.29, 1.82) is 5.26 Å². The predicted molar refractivity (Wildman–Crippen MR) is 91.4 cm³/mol. The third-order valence-electron chi connectivity index (χ3n) is 4.87. The smallest absolute Gasteiger partial charge is 0.309 e. The molecular formula is C20H25NO3. The topological polar surface area (TPSA) is 67.2 Å². The number of hydrogen-bond acceptors (Lipinski definition) is 4. The summed E-state index contributed by atoms with van der Waals surface area (Å²) in [6.45, 7) is 5.99. The number of Topliss-reactive ketones (excluding diaryl/α,β-unsaturated/α-hetero) is 1. The second kappa shape index (κ2) is 8.10. The molecule has 2 rings (SSSR count). The fraction of sp³-hybridized carbons (Fsp3) is 0.550. The Morgan fingerprint density at radius 3 is 2.50 bits per heavy atom. The summed E-state index contributed by atoms with van der Waals surface area (Å²) in [5.41, 5.74) is 2.79. The molecule has 0 spiro atoms. The monoisotopic (exact) mass is 327 g/mol. The molecule has 0 aliphatic heterocycles. The fourth-order valence-electron chi connectivity index (χ4n) is 3.65. The molecular weight excluding hydrogens is 302 g/mol. The van der Waals surface area contributed by atoms with E-state index in [1.54, 1.807) is 6.92 Å². The number of ketones is 1. The zero-order chi connectivity index (χ0) is 17.7. The lowest BCUT2D eigenvalue weighted by atomic mass is 9.72. The van der Waals surface area contributed by atoms with E-state index in [0.717, 1.165) is 29.5 Å². The lowest BCUT2D eigenvalue weighted by Gasteiger charge is -2.30. The van der Waals surface area contributed by atoms with E-state index in [2.05, 4.69) is 6.07 Å². The molecule has 24 heavy (non-hydrogen) atoms. The normalized spacial score (nSPS) is 21.6. The number of carbonyl (C=O) groups excluding carboxylic acids is 2. The van der Waals surface area contributed by atoms with Crippen LogP contribution in [-0.4, -0.2) is 18.4 Å². The molecule has 1 aliphatic rings. The highest BCUT2D eigenvalue weighted by atomic mass is 16.5. The quantitative estimate of drug-likeness (QED) is 0.770. The summed E-state index contributed by atoms with van der Waals surface area (Å²) in [5.74, 6) is -2.07. The van der Waals surface area contributed by atoms with Gasteiger partial charge in [-0.3, -0.25) is 9.59 Å². The van der Waals surface area contributed by atoms with Gasteiger partial charge in [-0.1, -0.05) is 36.6 Å². The minimum absolute atomic E-state index is 0.137. The summed E-state index contributed by atoms with van der Waals surface area (Å²) in [4.78, 5) is 25.3. The van der Waals surface area contributed by atoms with Crippen LogP contribution in [0.15, 0.2) is 18.2 Å². The average molecular weight is 327 g/mol. The number of nitriles is 1. The van der Waals surface area contributed by atoms with Crippen LogP contribution in [0.4, 0.5) is 0 Å². The first-order valence-corrected chi connectivity index (χ1v) is 8.66. The molecule has 0 saturated heterocycles. The van der Waals surface area contributed by atoms with Crippen molar-refractivity contribution < 1.29 is 14.3 Å². The Morgan fingerprint density at radius 2 is 1.92 bits per heavy atom. The molecule has 128 valence electrons. The van der Waals surface area contributed by atoms with E-state index in [1.165, 1.54) is 0 Å². The number of esters is 1. The molecule has 4 nitrogen and oxygen atoms in total. The number of rotatable bonds is 5. The van der Waals surface area contributed by atoms with Gasteiger partial charge in [0, 0.05) is 5.92 Å². The van der Waals surface area contributed by atoms with Crippen LogP contribution in [0.3, 0.4) is 0 Å². The van der Waals surface area contributed by atoms with Gasteiger partial charge in [-0.2, -0.15) is 5.26 Å². The van der Waals surface area contributed by atoms with Crippen molar-refractivity contribution >= 4 is 11.8 Å². The van der Waals surface area contributed by atoms with Gasteiger partial charge in [0.05, 0.1) is 18.6 Å². The van der Waals surface area contributed by atoms with Gasteiger partial charge in [-0.05, 0) is 44.7 Å². The molecule has 1 aromatic carbocycles. The summed E-state index contributed by atoms with van der Waals surface area (Å²) >= 11 is 0. The SMILES string of the molecule is CCOC(=O)C1CCCCC1C(=O)C(C#N)c1ccc(C)cc1C. The third-order valence-corrected chi connectivity index (χ3v) is 4.87. The maximum atomic E-state index is 13.1. The summed E-state index contributed by atoms with van der Waals surface area (Å²) < 4.78 is 5.15. The lowest BCUT2D eigenvalue weighted by molar-refractivity contribution is -0.154. The van der Waals surface area contributed by atoms with Gasteiger partial charge >= 0.3 is 5.97 Å². The number of ether oxygens (including phenoxy) is 1. The van der Waals surface area contributed by atoms with Crippen LogP contribution in [-0.2, 0) is 14.3 Å². The van der Waals surface area contributed by atoms with E-state index in [-0.39, 0.29) is 11.8 Å².